The van der Waals surface area contributed by atoms with Crippen LogP contribution in [0.4, 0.5) is 0 Å². The van der Waals surface area contributed by atoms with E-state index in [2.05, 4.69) is 5.32 Å². The second-order valence-corrected chi connectivity index (χ2v) is 4.22. The molecule has 1 rings (SSSR count). The Morgan fingerprint density at radius 2 is 2.07 bits per heavy atom. The quantitative estimate of drug-likeness (QED) is 0.734. The highest BCUT2D eigenvalue weighted by Gasteiger charge is 2.24. The molecule has 88 valence electrons. The van der Waals surface area contributed by atoms with E-state index in [1.54, 1.807) is 0 Å². The summed E-state index contributed by atoms with van der Waals surface area (Å²) >= 11 is 0. The van der Waals surface area contributed by atoms with Gasteiger partial charge in [-0.15, -0.1) is 0 Å². The van der Waals surface area contributed by atoms with E-state index in [1.165, 1.54) is 25.7 Å². The molecular formula is C12H23NO2. The van der Waals surface area contributed by atoms with Crippen molar-refractivity contribution in [1.29, 1.82) is 0 Å². The Balaban J connectivity index is 2.37. The molecule has 1 aliphatic rings. The summed E-state index contributed by atoms with van der Waals surface area (Å²) in [6.45, 7) is 5.19. The van der Waals surface area contributed by atoms with Gasteiger partial charge in [0.15, 0.2) is 0 Å². The Morgan fingerprint density at radius 3 is 2.60 bits per heavy atom. The average Bonchev–Trinajstić information content (AvgIpc) is 2.70. The van der Waals surface area contributed by atoms with E-state index >= 15 is 0 Å². The second-order valence-electron chi connectivity index (χ2n) is 4.22. The van der Waals surface area contributed by atoms with Gasteiger partial charge in [-0.2, -0.15) is 0 Å². The highest BCUT2D eigenvalue weighted by molar-refractivity contribution is 5.80. The first-order valence-corrected chi connectivity index (χ1v) is 6.17. The summed E-state index contributed by atoms with van der Waals surface area (Å²) in [5.74, 6) is 0.760. The molecule has 1 atom stereocenters. The van der Waals surface area contributed by atoms with Gasteiger partial charge < -0.3 is 10.1 Å². The Bertz CT molecular complexity index is 188. The van der Waals surface area contributed by atoms with Gasteiger partial charge in [0.2, 0.25) is 5.91 Å². The number of amides is 1. The molecule has 1 saturated carbocycles. The summed E-state index contributed by atoms with van der Waals surface area (Å²) < 4.78 is 5.51. The maximum absolute atomic E-state index is 11.7. The topological polar surface area (TPSA) is 38.3 Å². The van der Waals surface area contributed by atoms with Crippen molar-refractivity contribution in [2.45, 2.75) is 52.1 Å². The van der Waals surface area contributed by atoms with Gasteiger partial charge in [0.1, 0.15) is 6.10 Å². The SMILES string of the molecule is CCNC(=O)C(CC1CCCC1)OCC. The van der Waals surface area contributed by atoms with Crippen molar-refractivity contribution in [2.75, 3.05) is 13.2 Å². The number of carbonyl (C=O) groups is 1. The van der Waals surface area contributed by atoms with Crippen LogP contribution in [0.2, 0.25) is 0 Å². The third kappa shape index (κ3) is 4.20. The standard InChI is InChI=1S/C12H23NO2/c1-3-13-12(14)11(15-4-2)9-10-7-5-6-8-10/h10-11H,3-9H2,1-2H3,(H,13,14). The molecular weight excluding hydrogens is 190 g/mol. The fraction of sp³-hybridized carbons (Fsp3) is 0.917. The molecule has 0 aromatic rings. The Hall–Kier alpha value is -0.570. The molecule has 0 bridgehead atoms. The molecule has 0 aromatic carbocycles. The summed E-state index contributed by atoms with van der Waals surface area (Å²) in [5.41, 5.74) is 0. The molecule has 1 fully saturated rings. The minimum Gasteiger partial charge on any atom is -0.369 e. The summed E-state index contributed by atoms with van der Waals surface area (Å²) in [5, 5.41) is 2.84. The van der Waals surface area contributed by atoms with Gasteiger partial charge in [0.25, 0.3) is 0 Å². The van der Waals surface area contributed by atoms with Crippen LogP contribution >= 0.6 is 0 Å². The lowest BCUT2D eigenvalue weighted by Gasteiger charge is -2.19. The van der Waals surface area contributed by atoms with E-state index in [0.29, 0.717) is 19.1 Å². The molecule has 0 radical (unpaired) electrons. The molecule has 0 aromatic heterocycles. The predicted molar refractivity (Wildman–Crippen MR) is 60.7 cm³/mol. The minimum absolute atomic E-state index is 0.0613. The zero-order chi connectivity index (χ0) is 11.1. The van der Waals surface area contributed by atoms with Crippen molar-refractivity contribution in [3.8, 4) is 0 Å². The largest absolute Gasteiger partial charge is 0.369 e. The summed E-state index contributed by atoms with van der Waals surface area (Å²) in [6, 6.07) is 0. The lowest BCUT2D eigenvalue weighted by atomic mass is 9.99. The third-order valence-electron chi connectivity index (χ3n) is 3.03. The van der Waals surface area contributed by atoms with Crippen molar-refractivity contribution < 1.29 is 9.53 Å². The molecule has 1 unspecified atom stereocenters. The summed E-state index contributed by atoms with van der Waals surface area (Å²) in [6.07, 6.45) is 5.85. The fourth-order valence-electron chi connectivity index (χ4n) is 2.29. The second kappa shape index (κ2) is 6.83. The van der Waals surface area contributed by atoms with Crippen LogP contribution in [0, 0.1) is 5.92 Å². The van der Waals surface area contributed by atoms with E-state index in [0.717, 1.165) is 6.42 Å². The number of hydrogen-bond acceptors (Lipinski definition) is 2. The third-order valence-corrected chi connectivity index (χ3v) is 3.03. The zero-order valence-electron chi connectivity index (χ0n) is 9.92. The van der Waals surface area contributed by atoms with Gasteiger partial charge in [-0.1, -0.05) is 25.7 Å². The smallest absolute Gasteiger partial charge is 0.249 e. The first-order chi connectivity index (χ1) is 7.27. The number of carbonyl (C=O) groups excluding carboxylic acids is 1. The molecule has 1 amide bonds. The van der Waals surface area contributed by atoms with E-state index in [1.807, 2.05) is 13.8 Å². The number of rotatable bonds is 6. The molecule has 0 spiro atoms. The number of nitrogens with one attached hydrogen (secondary N) is 1. The Kier molecular flexibility index (Phi) is 5.69. The lowest BCUT2D eigenvalue weighted by Crippen LogP contribution is -2.37. The fourth-order valence-corrected chi connectivity index (χ4v) is 2.29. The van der Waals surface area contributed by atoms with Gasteiger partial charge in [0.05, 0.1) is 0 Å². The van der Waals surface area contributed by atoms with Crippen molar-refractivity contribution in [2.24, 2.45) is 5.92 Å². The van der Waals surface area contributed by atoms with Crippen molar-refractivity contribution >= 4 is 5.91 Å². The molecule has 3 heteroatoms. The maximum atomic E-state index is 11.7. The molecule has 1 N–H and O–H groups in total. The minimum atomic E-state index is -0.224. The molecule has 15 heavy (non-hydrogen) atoms. The van der Waals surface area contributed by atoms with E-state index in [9.17, 15) is 4.79 Å². The Labute approximate surface area is 92.6 Å². The Morgan fingerprint density at radius 1 is 1.40 bits per heavy atom. The maximum Gasteiger partial charge on any atom is 0.249 e. The van der Waals surface area contributed by atoms with Gasteiger partial charge >= 0.3 is 0 Å². The van der Waals surface area contributed by atoms with E-state index in [-0.39, 0.29) is 12.0 Å². The summed E-state index contributed by atoms with van der Waals surface area (Å²) in [7, 11) is 0. The number of ether oxygens (including phenoxy) is 1. The number of likely N-dealkylation sites (N-methyl/N-ethyl adjacent to an activating group) is 1. The average molecular weight is 213 g/mol. The highest BCUT2D eigenvalue weighted by Crippen LogP contribution is 2.29. The van der Waals surface area contributed by atoms with Crippen LogP contribution in [0.25, 0.3) is 0 Å². The molecule has 0 saturated heterocycles. The van der Waals surface area contributed by atoms with Crippen LogP contribution in [0.5, 0.6) is 0 Å². The zero-order valence-corrected chi connectivity index (χ0v) is 9.92. The van der Waals surface area contributed by atoms with Crippen LogP contribution in [-0.4, -0.2) is 25.2 Å². The predicted octanol–water partition coefficient (Wildman–Crippen LogP) is 2.11. The van der Waals surface area contributed by atoms with Crippen LogP contribution in [0.15, 0.2) is 0 Å². The molecule has 0 aliphatic heterocycles. The van der Waals surface area contributed by atoms with E-state index in [4.69, 9.17) is 4.74 Å². The van der Waals surface area contributed by atoms with Crippen molar-refractivity contribution in [3.05, 3.63) is 0 Å². The molecule has 1 aliphatic carbocycles. The van der Waals surface area contributed by atoms with E-state index < -0.39 is 0 Å². The van der Waals surface area contributed by atoms with Gasteiger partial charge in [0, 0.05) is 13.2 Å². The number of hydrogen-bond donors (Lipinski definition) is 1. The van der Waals surface area contributed by atoms with Gasteiger partial charge in [-0.3, -0.25) is 4.79 Å². The van der Waals surface area contributed by atoms with Gasteiger partial charge in [-0.05, 0) is 26.2 Å². The van der Waals surface area contributed by atoms with Crippen LogP contribution < -0.4 is 5.32 Å². The van der Waals surface area contributed by atoms with Crippen molar-refractivity contribution in [1.82, 2.24) is 5.32 Å². The van der Waals surface area contributed by atoms with Gasteiger partial charge in [-0.25, -0.2) is 0 Å². The lowest BCUT2D eigenvalue weighted by molar-refractivity contribution is -0.133. The van der Waals surface area contributed by atoms with Crippen molar-refractivity contribution in [3.63, 3.8) is 0 Å². The monoisotopic (exact) mass is 213 g/mol. The first kappa shape index (κ1) is 12.5. The van der Waals surface area contributed by atoms with Crippen LogP contribution in [0.3, 0.4) is 0 Å². The first-order valence-electron chi connectivity index (χ1n) is 6.17. The highest BCUT2D eigenvalue weighted by atomic mass is 16.5. The molecule has 3 nitrogen and oxygen atoms in total. The normalized spacial score (nSPS) is 19.1. The molecule has 0 heterocycles. The van der Waals surface area contributed by atoms with Crippen LogP contribution in [0.1, 0.15) is 46.0 Å². The summed E-state index contributed by atoms with van der Waals surface area (Å²) in [4.78, 5) is 11.7. The van der Waals surface area contributed by atoms with Crippen LogP contribution in [-0.2, 0) is 9.53 Å².